The molecule has 0 amide bonds. The van der Waals surface area contributed by atoms with Crippen molar-refractivity contribution in [1.82, 2.24) is 0 Å². The quantitative estimate of drug-likeness (QED) is 0.477. The van der Waals surface area contributed by atoms with Crippen molar-refractivity contribution >= 4 is 16.6 Å². The number of hydrogen-bond acceptors (Lipinski definition) is 3. The largest absolute Gasteiger partial charge is 0.417 e. The summed E-state index contributed by atoms with van der Waals surface area (Å²) in [6.07, 6.45) is 1.36. The summed E-state index contributed by atoms with van der Waals surface area (Å²) in [4.78, 5) is 0. The highest BCUT2D eigenvalue weighted by atomic mass is 28.4. The van der Waals surface area contributed by atoms with E-state index in [2.05, 4.69) is 81.6 Å². The van der Waals surface area contributed by atoms with Gasteiger partial charge in [0.15, 0.2) is 16.6 Å². The van der Waals surface area contributed by atoms with Crippen LogP contribution in [0, 0.1) is 5.92 Å². The van der Waals surface area contributed by atoms with Crippen LogP contribution in [0.4, 0.5) is 0 Å². The van der Waals surface area contributed by atoms with E-state index in [1.165, 1.54) is 0 Å². The van der Waals surface area contributed by atoms with Crippen molar-refractivity contribution in [2.75, 3.05) is 6.61 Å². The Labute approximate surface area is 160 Å². The molecule has 0 unspecified atom stereocenters. The average Bonchev–Trinajstić information content (AvgIpc) is 2.41. The van der Waals surface area contributed by atoms with Crippen LogP contribution in [0.15, 0.2) is 0 Å². The van der Waals surface area contributed by atoms with Crippen molar-refractivity contribution in [3.8, 4) is 0 Å². The Morgan fingerprint density at radius 2 is 1.32 bits per heavy atom. The van der Waals surface area contributed by atoms with Crippen LogP contribution < -0.4 is 0 Å². The van der Waals surface area contributed by atoms with Gasteiger partial charge in [0.05, 0.1) is 6.10 Å². The second-order valence-corrected chi connectivity index (χ2v) is 20.2. The van der Waals surface area contributed by atoms with Gasteiger partial charge in [0.2, 0.25) is 0 Å². The fourth-order valence-electron chi connectivity index (χ4n) is 2.28. The van der Waals surface area contributed by atoms with Gasteiger partial charge in [0.1, 0.15) is 0 Å². The Bertz CT molecular complexity index is 395. The number of aliphatic hydroxyl groups is 1. The van der Waals surface area contributed by atoms with Gasteiger partial charge in [-0.25, -0.2) is 0 Å². The second kappa shape index (κ2) is 9.00. The molecule has 0 heterocycles. The van der Waals surface area contributed by atoms with Crippen LogP contribution in [-0.2, 0) is 8.85 Å². The number of hydrogen-bond donors (Lipinski definition) is 1. The van der Waals surface area contributed by atoms with Crippen molar-refractivity contribution in [3.05, 3.63) is 0 Å². The molecule has 25 heavy (non-hydrogen) atoms. The number of rotatable bonds is 9. The second-order valence-electron chi connectivity index (χ2n) is 10.6. The molecule has 0 aromatic heterocycles. The Balaban J connectivity index is 4.73. The molecule has 0 saturated heterocycles. The van der Waals surface area contributed by atoms with E-state index in [1.807, 2.05) is 0 Å². The zero-order chi connectivity index (χ0) is 20.3. The van der Waals surface area contributed by atoms with Crippen molar-refractivity contribution in [2.45, 2.75) is 117 Å². The van der Waals surface area contributed by atoms with E-state index in [0.29, 0.717) is 13.0 Å². The summed E-state index contributed by atoms with van der Waals surface area (Å²) < 4.78 is 12.8. The zero-order valence-corrected chi connectivity index (χ0v) is 21.1. The average molecular weight is 391 g/mol. The molecular formula is C20H46O3Si2. The SMILES string of the molecule is CC[C@@H](O[Si](C)(C)C(C)(C)C)[C@H](C)[C@H](O)CCO[Si](C)(C)C(C)(C)C. The maximum Gasteiger partial charge on any atom is 0.192 e. The van der Waals surface area contributed by atoms with Crippen molar-refractivity contribution < 1.29 is 14.0 Å². The fourth-order valence-corrected chi connectivity index (χ4v) is 4.83. The molecule has 0 spiro atoms. The van der Waals surface area contributed by atoms with Gasteiger partial charge in [-0.2, -0.15) is 0 Å². The lowest BCUT2D eigenvalue weighted by molar-refractivity contribution is 0.0149. The Morgan fingerprint density at radius 1 is 0.880 bits per heavy atom. The third-order valence-electron chi connectivity index (χ3n) is 6.53. The smallest absolute Gasteiger partial charge is 0.192 e. The Hall–Kier alpha value is 0.314. The van der Waals surface area contributed by atoms with Crippen LogP contribution in [0.1, 0.15) is 68.2 Å². The minimum atomic E-state index is -1.82. The molecule has 0 saturated carbocycles. The molecule has 0 aliphatic rings. The molecule has 5 heteroatoms. The first-order valence-corrected chi connectivity index (χ1v) is 15.8. The topological polar surface area (TPSA) is 38.7 Å². The van der Waals surface area contributed by atoms with E-state index in [1.54, 1.807) is 0 Å². The predicted molar refractivity (Wildman–Crippen MR) is 115 cm³/mol. The van der Waals surface area contributed by atoms with Crippen LogP contribution in [0.25, 0.3) is 0 Å². The summed E-state index contributed by atoms with van der Waals surface area (Å²) in [5, 5.41) is 11.1. The molecular weight excluding hydrogens is 344 g/mol. The minimum Gasteiger partial charge on any atom is -0.417 e. The van der Waals surface area contributed by atoms with E-state index in [9.17, 15) is 5.11 Å². The molecule has 0 fully saturated rings. The molecule has 0 aliphatic carbocycles. The predicted octanol–water partition coefficient (Wildman–Crippen LogP) is 6.20. The molecule has 0 rings (SSSR count). The first kappa shape index (κ1) is 25.3. The maximum atomic E-state index is 10.7. The zero-order valence-electron chi connectivity index (χ0n) is 19.1. The monoisotopic (exact) mass is 390 g/mol. The third-order valence-corrected chi connectivity index (χ3v) is 15.6. The maximum absolute atomic E-state index is 10.7. The van der Waals surface area contributed by atoms with Crippen LogP contribution in [0.3, 0.4) is 0 Å². The molecule has 3 atom stereocenters. The lowest BCUT2D eigenvalue weighted by Gasteiger charge is -2.41. The first-order chi connectivity index (χ1) is 11.0. The normalized spacial score (nSPS) is 18.1. The third kappa shape index (κ3) is 7.45. The van der Waals surface area contributed by atoms with Crippen LogP contribution in [0.5, 0.6) is 0 Å². The molecule has 0 aromatic carbocycles. The lowest BCUT2D eigenvalue weighted by atomic mass is 9.94. The molecule has 0 radical (unpaired) electrons. The summed E-state index contributed by atoms with van der Waals surface area (Å²) in [6, 6.07) is 0. The highest BCUT2D eigenvalue weighted by Crippen LogP contribution is 2.39. The van der Waals surface area contributed by atoms with E-state index in [0.717, 1.165) is 6.42 Å². The Kier molecular flexibility index (Phi) is 9.12. The standard InChI is InChI=1S/C20H46O3Si2/c1-13-18(23-25(11,12)20(6,7)8)16(2)17(21)14-15-22-24(9,10)19(3,4)5/h16-18,21H,13-15H2,1-12H3/t16-,17-,18-/m1/s1. The van der Waals surface area contributed by atoms with Crippen LogP contribution in [0.2, 0.25) is 36.3 Å². The van der Waals surface area contributed by atoms with Crippen molar-refractivity contribution in [3.63, 3.8) is 0 Å². The summed E-state index contributed by atoms with van der Waals surface area (Å²) in [6.45, 7) is 27.6. The van der Waals surface area contributed by atoms with Crippen LogP contribution in [-0.4, -0.2) is 40.6 Å². The summed E-state index contributed by atoms with van der Waals surface area (Å²) >= 11 is 0. The van der Waals surface area contributed by atoms with E-state index in [-0.39, 0.29) is 28.2 Å². The van der Waals surface area contributed by atoms with E-state index < -0.39 is 16.6 Å². The van der Waals surface area contributed by atoms with Gasteiger partial charge in [0, 0.05) is 18.6 Å². The van der Waals surface area contributed by atoms with Crippen molar-refractivity contribution in [1.29, 1.82) is 0 Å². The molecule has 0 aliphatic heterocycles. The van der Waals surface area contributed by atoms with E-state index in [4.69, 9.17) is 8.85 Å². The molecule has 0 bridgehead atoms. The van der Waals surface area contributed by atoms with Gasteiger partial charge in [-0.3, -0.25) is 0 Å². The van der Waals surface area contributed by atoms with Gasteiger partial charge in [-0.1, -0.05) is 55.4 Å². The Morgan fingerprint density at radius 3 is 1.68 bits per heavy atom. The van der Waals surface area contributed by atoms with Crippen molar-refractivity contribution in [2.24, 2.45) is 5.92 Å². The van der Waals surface area contributed by atoms with Crippen LogP contribution >= 0.6 is 0 Å². The molecule has 152 valence electrons. The van der Waals surface area contributed by atoms with Gasteiger partial charge >= 0.3 is 0 Å². The van der Waals surface area contributed by atoms with Gasteiger partial charge in [-0.15, -0.1) is 0 Å². The summed E-state index contributed by atoms with van der Waals surface area (Å²) in [5.41, 5.74) is 0. The first-order valence-electron chi connectivity index (χ1n) is 9.96. The lowest BCUT2D eigenvalue weighted by Crippen LogP contribution is -2.47. The van der Waals surface area contributed by atoms with Gasteiger partial charge in [0.25, 0.3) is 0 Å². The molecule has 3 nitrogen and oxygen atoms in total. The van der Waals surface area contributed by atoms with Gasteiger partial charge in [-0.05, 0) is 49.1 Å². The summed E-state index contributed by atoms with van der Waals surface area (Å²) in [7, 11) is -3.56. The van der Waals surface area contributed by atoms with Gasteiger partial charge < -0.3 is 14.0 Å². The fraction of sp³-hybridized carbons (Fsp3) is 1.00. The summed E-state index contributed by atoms with van der Waals surface area (Å²) in [5.74, 6) is 0.127. The highest BCUT2D eigenvalue weighted by Gasteiger charge is 2.41. The minimum absolute atomic E-state index is 0.115. The van der Waals surface area contributed by atoms with E-state index >= 15 is 0 Å². The molecule has 1 N–H and O–H groups in total. The molecule has 0 aromatic rings. The highest BCUT2D eigenvalue weighted by molar-refractivity contribution is 6.74. The number of aliphatic hydroxyl groups excluding tert-OH is 1.